The monoisotopic (exact) mass is 303 g/mol. The second-order valence-electron chi connectivity index (χ2n) is 5.10. The fourth-order valence-electron chi connectivity index (χ4n) is 1.29. The van der Waals surface area contributed by atoms with Crippen molar-refractivity contribution in [3.8, 4) is 0 Å². The maximum absolute atomic E-state index is 11.5. The van der Waals surface area contributed by atoms with Crippen LogP contribution >= 0.6 is 11.3 Å². The average Bonchev–Trinajstić information content (AvgIpc) is 2.72. The molecule has 1 heterocycles. The second-order valence-corrected chi connectivity index (χ2v) is 6.01. The SMILES string of the molecule is CC(C)(C)OC(=O)Nc1cc(C(O)C(O)C(=O)O)cs1. The van der Waals surface area contributed by atoms with Gasteiger partial charge in [0.2, 0.25) is 0 Å². The number of carboxylic acid groups (broad SMARTS) is 1. The Balaban J connectivity index is 2.68. The van der Waals surface area contributed by atoms with Crippen molar-refractivity contribution in [1.82, 2.24) is 0 Å². The molecule has 0 spiro atoms. The number of ether oxygens (including phenoxy) is 1. The summed E-state index contributed by atoms with van der Waals surface area (Å²) in [4.78, 5) is 22.1. The molecule has 0 aliphatic carbocycles. The molecule has 112 valence electrons. The number of amides is 1. The van der Waals surface area contributed by atoms with Gasteiger partial charge < -0.3 is 20.1 Å². The van der Waals surface area contributed by atoms with Crippen molar-refractivity contribution in [1.29, 1.82) is 0 Å². The van der Waals surface area contributed by atoms with E-state index in [1.807, 2.05) is 0 Å². The first-order valence-corrected chi connectivity index (χ1v) is 6.65. The van der Waals surface area contributed by atoms with Crippen LogP contribution in [0, 0.1) is 0 Å². The van der Waals surface area contributed by atoms with E-state index in [1.165, 1.54) is 11.4 Å². The first kappa shape index (κ1) is 16.4. The van der Waals surface area contributed by atoms with Crippen LogP contribution in [0.1, 0.15) is 32.4 Å². The predicted octanol–water partition coefficient (Wildman–Crippen LogP) is 1.57. The van der Waals surface area contributed by atoms with E-state index in [0.29, 0.717) is 5.00 Å². The molecule has 7 nitrogen and oxygen atoms in total. The van der Waals surface area contributed by atoms with Crippen molar-refractivity contribution in [2.45, 2.75) is 38.6 Å². The topological polar surface area (TPSA) is 116 Å². The summed E-state index contributed by atoms with van der Waals surface area (Å²) in [6, 6.07) is 1.38. The molecule has 2 atom stereocenters. The van der Waals surface area contributed by atoms with Gasteiger partial charge in [0.1, 0.15) is 11.7 Å². The van der Waals surface area contributed by atoms with Crippen LogP contribution in [0.15, 0.2) is 11.4 Å². The zero-order chi connectivity index (χ0) is 15.5. The van der Waals surface area contributed by atoms with E-state index in [-0.39, 0.29) is 5.56 Å². The fraction of sp³-hybridized carbons (Fsp3) is 0.500. The average molecular weight is 303 g/mol. The summed E-state index contributed by atoms with van der Waals surface area (Å²) in [6.07, 6.45) is -4.13. The van der Waals surface area contributed by atoms with Crippen LogP contribution in [0.25, 0.3) is 0 Å². The minimum absolute atomic E-state index is 0.205. The smallest absolute Gasteiger partial charge is 0.412 e. The molecule has 0 aromatic carbocycles. The first-order chi connectivity index (χ1) is 9.10. The summed E-state index contributed by atoms with van der Waals surface area (Å²) in [5, 5.41) is 31.7. The molecule has 2 unspecified atom stereocenters. The lowest BCUT2D eigenvalue weighted by atomic mass is 10.1. The van der Waals surface area contributed by atoms with Gasteiger partial charge in [-0.05, 0) is 37.8 Å². The van der Waals surface area contributed by atoms with E-state index in [0.717, 1.165) is 11.3 Å². The summed E-state index contributed by atoms with van der Waals surface area (Å²) in [7, 11) is 0. The molecular formula is C12H17NO6S. The van der Waals surface area contributed by atoms with Crippen LogP contribution in [0.4, 0.5) is 9.80 Å². The Morgan fingerprint density at radius 3 is 2.45 bits per heavy atom. The van der Waals surface area contributed by atoms with E-state index < -0.39 is 29.9 Å². The lowest BCUT2D eigenvalue weighted by molar-refractivity contribution is -0.153. The number of carboxylic acids is 1. The van der Waals surface area contributed by atoms with Gasteiger partial charge in [-0.15, -0.1) is 11.3 Å². The number of carbonyl (C=O) groups excluding carboxylic acids is 1. The number of anilines is 1. The molecule has 0 aliphatic heterocycles. The summed E-state index contributed by atoms with van der Waals surface area (Å²) in [5.74, 6) is -1.52. The lowest BCUT2D eigenvalue weighted by Crippen LogP contribution is -2.27. The molecule has 0 aliphatic rings. The van der Waals surface area contributed by atoms with E-state index in [4.69, 9.17) is 9.84 Å². The third kappa shape index (κ3) is 4.80. The van der Waals surface area contributed by atoms with Gasteiger partial charge in [0.15, 0.2) is 6.10 Å². The normalized spacial score (nSPS) is 14.4. The molecule has 0 fully saturated rings. The highest BCUT2D eigenvalue weighted by molar-refractivity contribution is 7.14. The molecule has 1 rings (SSSR count). The van der Waals surface area contributed by atoms with Crippen LogP contribution in [-0.2, 0) is 9.53 Å². The number of nitrogens with one attached hydrogen (secondary N) is 1. The Kier molecular flexibility index (Phi) is 5.09. The Hall–Kier alpha value is -1.64. The molecule has 0 saturated heterocycles. The van der Waals surface area contributed by atoms with Crippen molar-refractivity contribution in [2.24, 2.45) is 0 Å². The summed E-state index contributed by atoms with van der Waals surface area (Å²) in [5.41, 5.74) is -0.431. The number of carbonyl (C=O) groups is 2. The van der Waals surface area contributed by atoms with Crippen molar-refractivity contribution in [2.75, 3.05) is 5.32 Å². The van der Waals surface area contributed by atoms with Gasteiger partial charge in [-0.3, -0.25) is 5.32 Å². The highest BCUT2D eigenvalue weighted by Gasteiger charge is 2.26. The molecule has 8 heteroatoms. The van der Waals surface area contributed by atoms with Crippen LogP contribution in [0.2, 0.25) is 0 Å². The highest BCUT2D eigenvalue weighted by Crippen LogP contribution is 2.27. The fourth-order valence-corrected chi connectivity index (χ4v) is 2.11. The minimum Gasteiger partial charge on any atom is -0.479 e. The van der Waals surface area contributed by atoms with E-state index in [9.17, 15) is 19.8 Å². The van der Waals surface area contributed by atoms with Crippen LogP contribution < -0.4 is 5.32 Å². The van der Waals surface area contributed by atoms with E-state index >= 15 is 0 Å². The molecule has 20 heavy (non-hydrogen) atoms. The largest absolute Gasteiger partial charge is 0.479 e. The molecule has 0 radical (unpaired) electrons. The van der Waals surface area contributed by atoms with Gasteiger partial charge in [-0.1, -0.05) is 0 Å². The second kappa shape index (κ2) is 6.21. The van der Waals surface area contributed by atoms with Crippen LogP contribution in [-0.4, -0.2) is 39.1 Å². The maximum Gasteiger partial charge on any atom is 0.412 e. The molecule has 1 amide bonds. The number of aliphatic hydroxyl groups is 2. The van der Waals surface area contributed by atoms with Crippen molar-refractivity contribution < 1.29 is 29.6 Å². The molecule has 1 aromatic heterocycles. The van der Waals surface area contributed by atoms with Gasteiger partial charge in [0.05, 0.1) is 5.00 Å². The lowest BCUT2D eigenvalue weighted by Gasteiger charge is -2.19. The first-order valence-electron chi connectivity index (χ1n) is 5.77. The van der Waals surface area contributed by atoms with Crippen LogP contribution in [0.5, 0.6) is 0 Å². The molecule has 1 aromatic rings. The summed E-state index contributed by atoms with van der Waals surface area (Å²) < 4.78 is 5.05. The minimum atomic E-state index is -1.92. The maximum atomic E-state index is 11.5. The van der Waals surface area contributed by atoms with Gasteiger partial charge in [-0.2, -0.15) is 0 Å². The Bertz CT molecular complexity index is 492. The summed E-state index contributed by atoms with van der Waals surface area (Å²) in [6.45, 7) is 5.16. The van der Waals surface area contributed by atoms with Crippen molar-refractivity contribution in [3.05, 3.63) is 17.0 Å². The molecule has 0 saturated carbocycles. The Labute approximate surface area is 119 Å². The number of hydrogen-bond donors (Lipinski definition) is 4. The van der Waals surface area contributed by atoms with E-state index in [2.05, 4.69) is 5.32 Å². The van der Waals surface area contributed by atoms with Gasteiger partial charge in [-0.25, -0.2) is 9.59 Å². The van der Waals surface area contributed by atoms with Gasteiger partial charge in [0.25, 0.3) is 0 Å². The Morgan fingerprint density at radius 1 is 1.35 bits per heavy atom. The number of aliphatic carboxylic acids is 1. The number of aliphatic hydroxyl groups excluding tert-OH is 2. The number of rotatable bonds is 4. The Morgan fingerprint density at radius 2 is 1.95 bits per heavy atom. The van der Waals surface area contributed by atoms with Crippen molar-refractivity contribution in [3.63, 3.8) is 0 Å². The molecule has 4 N–H and O–H groups in total. The summed E-state index contributed by atoms with van der Waals surface area (Å²) >= 11 is 1.09. The predicted molar refractivity (Wildman–Crippen MR) is 72.8 cm³/mol. The molecule has 0 bridgehead atoms. The quantitative estimate of drug-likeness (QED) is 0.671. The van der Waals surface area contributed by atoms with Gasteiger partial charge in [0, 0.05) is 0 Å². The van der Waals surface area contributed by atoms with Crippen LogP contribution in [0.3, 0.4) is 0 Å². The number of thiophene rings is 1. The van der Waals surface area contributed by atoms with E-state index in [1.54, 1.807) is 20.8 Å². The zero-order valence-electron chi connectivity index (χ0n) is 11.3. The highest BCUT2D eigenvalue weighted by atomic mass is 32.1. The number of hydrogen-bond acceptors (Lipinski definition) is 6. The van der Waals surface area contributed by atoms with Gasteiger partial charge >= 0.3 is 12.1 Å². The molecular weight excluding hydrogens is 286 g/mol. The third-order valence-corrected chi connectivity index (χ3v) is 3.00. The standard InChI is InChI=1S/C12H17NO6S/c1-12(2,3)19-11(18)13-7-4-6(5-20-7)8(14)9(15)10(16)17/h4-5,8-9,14-15H,1-3H3,(H,13,18)(H,16,17). The van der Waals surface area contributed by atoms with Crippen molar-refractivity contribution >= 4 is 28.4 Å². The third-order valence-electron chi connectivity index (χ3n) is 2.14. The zero-order valence-corrected chi connectivity index (χ0v) is 12.1.